The standard InChI is InChI=1S/C17H20N2O3S/c1-21-13-8-7-11(14(10-13)22-2)9-15-16(20)19-17(23-15)18-12-5-3-4-6-12/h7-10,12H,3-6H2,1-2H3,(H,18,19,20)/b15-9+. The Balaban J connectivity index is 1.81. The van der Waals surface area contributed by atoms with Gasteiger partial charge in [0.2, 0.25) is 0 Å². The minimum atomic E-state index is -0.107. The van der Waals surface area contributed by atoms with Gasteiger partial charge in [-0.05, 0) is 42.8 Å². The Hall–Kier alpha value is -1.95. The van der Waals surface area contributed by atoms with Gasteiger partial charge in [-0.3, -0.25) is 9.79 Å². The van der Waals surface area contributed by atoms with E-state index in [9.17, 15) is 4.79 Å². The van der Waals surface area contributed by atoms with Crippen molar-refractivity contribution in [2.45, 2.75) is 31.7 Å². The number of nitrogens with zero attached hydrogens (tertiary/aromatic N) is 1. The maximum atomic E-state index is 12.1. The number of carbonyl (C=O) groups is 1. The number of methoxy groups -OCH3 is 2. The lowest BCUT2D eigenvalue weighted by atomic mass is 10.1. The molecule has 122 valence electrons. The maximum absolute atomic E-state index is 12.1. The van der Waals surface area contributed by atoms with Gasteiger partial charge in [0.15, 0.2) is 5.17 Å². The van der Waals surface area contributed by atoms with Crippen molar-refractivity contribution >= 4 is 28.9 Å². The highest BCUT2D eigenvalue weighted by atomic mass is 32.2. The number of amidine groups is 1. The highest BCUT2D eigenvalue weighted by Crippen LogP contribution is 2.32. The first-order valence-corrected chi connectivity index (χ1v) is 8.52. The van der Waals surface area contributed by atoms with Crippen molar-refractivity contribution in [1.29, 1.82) is 0 Å². The number of ether oxygens (including phenoxy) is 2. The summed E-state index contributed by atoms with van der Waals surface area (Å²) in [5.41, 5.74) is 0.841. The second kappa shape index (κ2) is 7.08. The van der Waals surface area contributed by atoms with Gasteiger partial charge in [0.1, 0.15) is 11.5 Å². The molecule has 5 nitrogen and oxygen atoms in total. The zero-order valence-corrected chi connectivity index (χ0v) is 14.1. The van der Waals surface area contributed by atoms with E-state index in [1.165, 1.54) is 24.6 Å². The molecular formula is C17H20N2O3S. The molecule has 1 amide bonds. The minimum Gasteiger partial charge on any atom is -0.497 e. The van der Waals surface area contributed by atoms with Crippen LogP contribution in [-0.4, -0.2) is 31.3 Å². The average molecular weight is 332 g/mol. The summed E-state index contributed by atoms with van der Waals surface area (Å²) >= 11 is 1.39. The van der Waals surface area contributed by atoms with E-state index >= 15 is 0 Å². The number of hydrogen-bond acceptors (Lipinski definition) is 5. The van der Waals surface area contributed by atoms with E-state index in [1.807, 2.05) is 18.2 Å². The Labute approximate surface area is 140 Å². The van der Waals surface area contributed by atoms with Crippen LogP contribution >= 0.6 is 11.8 Å². The quantitative estimate of drug-likeness (QED) is 0.860. The molecule has 1 saturated heterocycles. The monoisotopic (exact) mass is 332 g/mol. The van der Waals surface area contributed by atoms with Crippen LogP contribution in [0.4, 0.5) is 0 Å². The second-order valence-electron chi connectivity index (χ2n) is 5.55. The van der Waals surface area contributed by atoms with Crippen molar-refractivity contribution in [3.8, 4) is 11.5 Å². The molecule has 0 spiro atoms. The van der Waals surface area contributed by atoms with Crippen LogP contribution in [0.5, 0.6) is 11.5 Å². The summed E-state index contributed by atoms with van der Waals surface area (Å²) in [6.07, 6.45) is 6.52. The van der Waals surface area contributed by atoms with E-state index in [0.29, 0.717) is 21.9 Å². The van der Waals surface area contributed by atoms with E-state index in [0.717, 1.165) is 24.2 Å². The first-order chi connectivity index (χ1) is 11.2. The van der Waals surface area contributed by atoms with E-state index < -0.39 is 0 Å². The Morgan fingerprint density at radius 3 is 2.74 bits per heavy atom. The van der Waals surface area contributed by atoms with E-state index in [2.05, 4.69) is 10.3 Å². The number of thioether (sulfide) groups is 1. The molecule has 0 radical (unpaired) electrons. The largest absolute Gasteiger partial charge is 0.497 e. The molecule has 2 aliphatic rings. The molecule has 0 bridgehead atoms. The SMILES string of the molecule is COc1ccc(/C=C2/SC(=NC3CCCC3)NC2=O)c(OC)c1. The van der Waals surface area contributed by atoms with Gasteiger partial charge >= 0.3 is 0 Å². The third-order valence-corrected chi connectivity index (χ3v) is 4.93. The van der Waals surface area contributed by atoms with Gasteiger partial charge in [-0.15, -0.1) is 0 Å². The molecule has 0 atom stereocenters. The van der Waals surface area contributed by atoms with Crippen molar-refractivity contribution in [3.05, 3.63) is 28.7 Å². The van der Waals surface area contributed by atoms with Gasteiger partial charge in [-0.25, -0.2) is 0 Å². The number of hydrogen-bond donors (Lipinski definition) is 1. The molecule has 1 aromatic carbocycles. The molecule has 3 rings (SSSR count). The average Bonchev–Trinajstić information content (AvgIpc) is 3.18. The van der Waals surface area contributed by atoms with Gasteiger partial charge in [-0.2, -0.15) is 0 Å². The van der Waals surface area contributed by atoms with Crippen LogP contribution in [0, 0.1) is 0 Å². The molecule has 1 N–H and O–H groups in total. The number of aliphatic imine (C=N–C) groups is 1. The fraction of sp³-hybridized carbons (Fsp3) is 0.412. The summed E-state index contributed by atoms with van der Waals surface area (Å²) in [4.78, 5) is 17.4. The van der Waals surface area contributed by atoms with E-state index in [4.69, 9.17) is 9.47 Å². The number of carbonyl (C=O) groups excluding carboxylic acids is 1. The van der Waals surface area contributed by atoms with Gasteiger partial charge in [0.25, 0.3) is 5.91 Å². The van der Waals surface area contributed by atoms with Crippen LogP contribution in [0.25, 0.3) is 6.08 Å². The Kier molecular flexibility index (Phi) is 4.91. The molecule has 1 heterocycles. The van der Waals surface area contributed by atoms with Gasteiger partial charge in [0, 0.05) is 11.6 Å². The van der Waals surface area contributed by atoms with Crippen LogP contribution in [0.3, 0.4) is 0 Å². The van der Waals surface area contributed by atoms with Crippen LogP contribution in [0.2, 0.25) is 0 Å². The second-order valence-corrected chi connectivity index (χ2v) is 6.58. The topological polar surface area (TPSA) is 59.9 Å². The lowest BCUT2D eigenvalue weighted by Crippen LogP contribution is -2.21. The van der Waals surface area contributed by atoms with E-state index in [-0.39, 0.29) is 5.91 Å². The van der Waals surface area contributed by atoms with Crippen LogP contribution < -0.4 is 14.8 Å². The summed E-state index contributed by atoms with van der Waals surface area (Å²) in [7, 11) is 3.21. The summed E-state index contributed by atoms with van der Waals surface area (Å²) in [5, 5.41) is 3.56. The molecule has 0 aromatic heterocycles. The molecule has 2 fully saturated rings. The predicted octanol–water partition coefficient (Wildman–Crippen LogP) is 3.21. The normalized spacial score (nSPS) is 21.9. The Morgan fingerprint density at radius 1 is 1.26 bits per heavy atom. The summed E-state index contributed by atoms with van der Waals surface area (Å²) in [6, 6.07) is 5.88. The number of rotatable bonds is 4. The number of amides is 1. The number of benzene rings is 1. The fourth-order valence-electron chi connectivity index (χ4n) is 2.77. The summed E-state index contributed by atoms with van der Waals surface area (Å²) in [5.74, 6) is 1.28. The van der Waals surface area contributed by atoms with Crippen molar-refractivity contribution in [1.82, 2.24) is 5.32 Å². The molecule has 0 unspecified atom stereocenters. The van der Waals surface area contributed by atoms with Crippen LogP contribution in [-0.2, 0) is 4.79 Å². The van der Waals surface area contributed by atoms with E-state index in [1.54, 1.807) is 20.3 Å². The van der Waals surface area contributed by atoms with Crippen molar-refractivity contribution in [3.63, 3.8) is 0 Å². The Bertz CT molecular complexity index is 664. The summed E-state index contributed by atoms with van der Waals surface area (Å²) in [6.45, 7) is 0. The third-order valence-electron chi connectivity index (χ3n) is 4.00. The molecular weight excluding hydrogens is 312 g/mol. The highest BCUT2D eigenvalue weighted by molar-refractivity contribution is 8.18. The zero-order chi connectivity index (χ0) is 16.2. The molecule has 1 aliphatic carbocycles. The van der Waals surface area contributed by atoms with Gasteiger partial charge in [0.05, 0.1) is 25.2 Å². The lowest BCUT2D eigenvalue weighted by Gasteiger charge is -2.07. The lowest BCUT2D eigenvalue weighted by molar-refractivity contribution is -0.115. The van der Waals surface area contributed by atoms with Crippen LogP contribution in [0.15, 0.2) is 28.1 Å². The fourth-order valence-corrected chi connectivity index (χ4v) is 3.65. The zero-order valence-electron chi connectivity index (χ0n) is 13.3. The molecule has 23 heavy (non-hydrogen) atoms. The third kappa shape index (κ3) is 3.69. The van der Waals surface area contributed by atoms with Crippen molar-refractivity contribution < 1.29 is 14.3 Å². The smallest absolute Gasteiger partial charge is 0.264 e. The number of nitrogens with one attached hydrogen (secondary N) is 1. The Morgan fingerprint density at radius 2 is 2.04 bits per heavy atom. The minimum absolute atomic E-state index is 0.107. The summed E-state index contributed by atoms with van der Waals surface area (Å²) < 4.78 is 10.6. The van der Waals surface area contributed by atoms with Crippen molar-refractivity contribution in [2.24, 2.45) is 4.99 Å². The first-order valence-electron chi connectivity index (χ1n) is 7.70. The van der Waals surface area contributed by atoms with Gasteiger partial charge < -0.3 is 14.8 Å². The van der Waals surface area contributed by atoms with Crippen LogP contribution in [0.1, 0.15) is 31.2 Å². The molecule has 1 aromatic rings. The maximum Gasteiger partial charge on any atom is 0.264 e. The predicted molar refractivity (Wildman–Crippen MR) is 92.9 cm³/mol. The molecule has 6 heteroatoms. The molecule has 1 aliphatic heterocycles. The highest BCUT2D eigenvalue weighted by Gasteiger charge is 2.26. The molecule has 1 saturated carbocycles. The first kappa shape index (κ1) is 15.9. The van der Waals surface area contributed by atoms with Gasteiger partial charge in [-0.1, -0.05) is 12.8 Å². The van der Waals surface area contributed by atoms with Crippen molar-refractivity contribution in [2.75, 3.05) is 14.2 Å².